The largest absolute Gasteiger partial charge is 0.507 e. The fourth-order valence-corrected chi connectivity index (χ4v) is 4.85. The van der Waals surface area contributed by atoms with Gasteiger partial charge in [0, 0.05) is 18.7 Å². The van der Waals surface area contributed by atoms with E-state index in [-0.39, 0.29) is 24.0 Å². The number of likely N-dealkylation sites (tertiary alicyclic amines) is 1. The standard InChI is InChI=1S/C28H31NO7/c1-2-3-12-33-20-9-6-18(7-10-20)25-24(27(31)28(32)29(25)17-21-5-4-13-34-21)26(30)19-8-11-22-23(16-19)36-15-14-35-22/h6-11,16,21,25,30H,2-5,12-15,17H2,1H3. The van der Waals surface area contributed by atoms with Crippen molar-refractivity contribution in [3.8, 4) is 17.2 Å². The smallest absolute Gasteiger partial charge is 0.295 e. The van der Waals surface area contributed by atoms with Gasteiger partial charge in [-0.15, -0.1) is 0 Å². The van der Waals surface area contributed by atoms with Crippen LogP contribution in [-0.2, 0) is 14.3 Å². The second-order valence-electron chi connectivity index (χ2n) is 9.22. The highest BCUT2D eigenvalue weighted by atomic mass is 16.6. The van der Waals surface area contributed by atoms with Crippen LogP contribution in [0.2, 0.25) is 0 Å². The molecule has 8 nitrogen and oxygen atoms in total. The van der Waals surface area contributed by atoms with Crippen molar-refractivity contribution in [3.05, 3.63) is 59.2 Å². The molecule has 5 rings (SSSR count). The summed E-state index contributed by atoms with van der Waals surface area (Å²) in [7, 11) is 0. The molecule has 0 saturated carbocycles. The molecule has 0 spiro atoms. The zero-order valence-corrected chi connectivity index (χ0v) is 20.4. The van der Waals surface area contributed by atoms with Gasteiger partial charge in [0.25, 0.3) is 11.7 Å². The minimum Gasteiger partial charge on any atom is -0.507 e. The Kier molecular flexibility index (Phi) is 7.13. The third kappa shape index (κ3) is 4.78. The number of amides is 1. The van der Waals surface area contributed by atoms with Crippen molar-refractivity contribution in [2.75, 3.05) is 33.0 Å². The van der Waals surface area contributed by atoms with Crippen LogP contribution in [0.1, 0.15) is 49.8 Å². The molecule has 3 aliphatic rings. The van der Waals surface area contributed by atoms with Crippen molar-refractivity contribution < 1.29 is 33.6 Å². The molecule has 1 amide bonds. The molecule has 3 aliphatic heterocycles. The quantitative estimate of drug-likeness (QED) is 0.254. The SMILES string of the molecule is CCCCOc1ccc(C2C(=C(O)c3ccc4c(c3)OCCO4)C(=O)C(=O)N2CC2CCCO2)cc1. The molecule has 0 bridgehead atoms. The average Bonchev–Trinajstić information content (AvgIpc) is 3.51. The van der Waals surface area contributed by atoms with Crippen LogP contribution >= 0.6 is 0 Å². The average molecular weight is 494 g/mol. The van der Waals surface area contributed by atoms with Crippen molar-refractivity contribution in [1.82, 2.24) is 4.90 Å². The lowest BCUT2D eigenvalue weighted by molar-refractivity contribution is -0.140. The van der Waals surface area contributed by atoms with Crippen molar-refractivity contribution in [2.45, 2.75) is 44.8 Å². The van der Waals surface area contributed by atoms with Crippen LogP contribution < -0.4 is 14.2 Å². The van der Waals surface area contributed by atoms with Crippen LogP contribution in [0.4, 0.5) is 0 Å². The van der Waals surface area contributed by atoms with E-state index in [1.54, 1.807) is 18.2 Å². The number of ketones is 1. The van der Waals surface area contributed by atoms with Gasteiger partial charge in [0.15, 0.2) is 11.5 Å². The predicted octanol–water partition coefficient (Wildman–Crippen LogP) is 4.24. The van der Waals surface area contributed by atoms with E-state index in [4.69, 9.17) is 18.9 Å². The highest BCUT2D eigenvalue weighted by Gasteiger charge is 2.47. The minimum absolute atomic E-state index is 0.0503. The number of unbranched alkanes of at least 4 members (excludes halogenated alkanes) is 1. The fourth-order valence-electron chi connectivity index (χ4n) is 4.85. The van der Waals surface area contributed by atoms with Gasteiger partial charge in [-0.1, -0.05) is 25.5 Å². The Morgan fingerprint density at radius 2 is 1.83 bits per heavy atom. The van der Waals surface area contributed by atoms with Gasteiger partial charge in [-0.25, -0.2) is 0 Å². The van der Waals surface area contributed by atoms with E-state index in [9.17, 15) is 14.7 Å². The van der Waals surface area contributed by atoms with Crippen molar-refractivity contribution in [3.63, 3.8) is 0 Å². The lowest BCUT2D eigenvalue weighted by Gasteiger charge is -2.27. The molecular formula is C28H31NO7. The zero-order chi connectivity index (χ0) is 25.1. The van der Waals surface area contributed by atoms with Crippen LogP contribution in [0.15, 0.2) is 48.0 Å². The van der Waals surface area contributed by atoms with Crippen molar-refractivity contribution in [2.24, 2.45) is 0 Å². The van der Waals surface area contributed by atoms with E-state index in [0.717, 1.165) is 31.4 Å². The number of carbonyl (C=O) groups excluding carboxylic acids is 2. The fraction of sp³-hybridized carbons (Fsp3) is 0.429. The number of rotatable bonds is 8. The molecule has 2 saturated heterocycles. The van der Waals surface area contributed by atoms with Gasteiger partial charge < -0.3 is 29.0 Å². The van der Waals surface area contributed by atoms with E-state index in [1.807, 2.05) is 24.3 Å². The second kappa shape index (κ2) is 10.6. The number of hydrogen-bond acceptors (Lipinski definition) is 7. The number of benzene rings is 2. The van der Waals surface area contributed by atoms with E-state index < -0.39 is 17.7 Å². The molecule has 8 heteroatoms. The van der Waals surface area contributed by atoms with Gasteiger partial charge >= 0.3 is 0 Å². The first-order valence-corrected chi connectivity index (χ1v) is 12.6. The molecule has 0 aromatic heterocycles. The Hall–Kier alpha value is -3.52. The number of nitrogens with zero attached hydrogens (tertiary/aromatic N) is 1. The molecule has 2 unspecified atom stereocenters. The van der Waals surface area contributed by atoms with Gasteiger partial charge in [-0.2, -0.15) is 0 Å². The van der Waals surface area contributed by atoms with Gasteiger partial charge in [0.2, 0.25) is 0 Å². The van der Waals surface area contributed by atoms with Crippen LogP contribution in [0.5, 0.6) is 17.2 Å². The summed E-state index contributed by atoms with van der Waals surface area (Å²) in [5, 5.41) is 11.3. The van der Waals surface area contributed by atoms with Gasteiger partial charge in [0.05, 0.1) is 24.3 Å². The lowest BCUT2D eigenvalue weighted by atomic mass is 9.95. The predicted molar refractivity (Wildman–Crippen MR) is 132 cm³/mol. The molecule has 1 N–H and O–H groups in total. The Labute approximate surface area is 210 Å². The first kappa shape index (κ1) is 24.2. The van der Waals surface area contributed by atoms with Crippen LogP contribution in [0, 0.1) is 0 Å². The highest BCUT2D eigenvalue weighted by Crippen LogP contribution is 2.42. The normalized spacial score (nSPS) is 22.8. The van der Waals surface area contributed by atoms with Gasteiger partial charge in [0.1, 0.15) is 24.7 Å². The number of aliphatic hydroxyl groups excluding tert-OH is 1. The Morgan fingerprint density at radius 1 is 1.06 bits per heavy atom. The third-order valence-electron chi connectivity index (χ3n) is 6.74. The first-order valence-electron chi connectivity index (χ1n) is 12.6. The summed E-state index contributed by atoms with van der Waals surface area (Å²) in [4.78, 5) is 28.0. The molecular weight excluding hydrogens is 462 g/mol. The summed E-state index contributed by atoms with van der Waals surface area (Å²) in [5.41, 5.74) is 1.15. The zero-order valence-electron chi connectivity index (χ0n) is 20.4. The van der Waals surface area contributed by atoms with Crippen molar-refractivity contribution >= 4 is 17.4 Å². The monoisotopic (exact) mass is 493 g/mol. The molecule has 190 valence electrons. The number of hydrogen-bond donors (Lipinski definition) is 1. The first-order chi connectivity index (χ1) is 17.6. The Morgan fingerprint density at radius 3 is 2.56 bits per heavy atom. The molecule has 3 heterocycles. The van der Waals surface area contributed by atoms with Crippen LogP contribution in [-0.4, -0.2) is 60.8 Å². The Bertz CT molecular complexity index is 1150. The van der Waals surface area contributed by atoms with Gasteiger partial charge in [-0.3, -0.25) is 9.59 Å². The molecule has 2 aromatic rings. The summed E-state index contributed by atoms with van der Waals surface area (Å²) in [6, 6.07) is 11.6. The van der Waals surface area contributed by atoms with E-state index in [2.05, 4.69) is 6.92 Å². The molecule has 2 atom stereocenters. The van der Waals surface area contributed by atoms with Crippen LogP contribution in [0.3, 0.4) is 0 Å². The van der Waals surface area contributed by atoms with E-state index in [1.165, 1.54) is 4.90 Å². The van der Waals surface area contributed by atoms with E-state index >= 15 is 0 Å². The number of aliphatic hydroxyl groups is 1. The number of ether oxygens (including phenoxy) is 4. The highest BCUT2D eigenvalue weighted by molar-refractivity contribution is 6.46. The summed E-state index contributed by atoms with van der Waals surface area (Å²) >= 11 is 0. The summed E-state index contributed by atoms with van der Waals surface area (Å²) in [6.45, 7) is 4.49. The second-order valence-corrected chi connectivity index (χ2v) is 9.22. The number of carbonyl (C=O) groups is 2. The minimum atomic E-state index is -0.743. The van der Waals surface area contributed by atoms with Gasteiger partial charge in [-0.05, 0) is 55.2 Å². The molecule has 0 aliphatic carbocycles. The summed E-state index contributed by atoms with van der Waals surface area (Å²) in [6.07, 6.45) is 3.59. The maximum absolute atomic E-state index is 13.3. The number of Topliss-reactive ketones (excluding diaryl/α,β-unsaturated/α-hetero) is 1. The topological polar surface area (TPSA) is 94.5 Å². The molecule has 36 heavy (non-hydrogen) atoms. The third-order valence-corrected chi connectivity index (χ3v) is 6.74. The molecule has 2 fully saturated rings. The molecule has 2 aromatic carbocycles. The number of fused-ring (bicyclic) bond motifs is 1. The Balaban J connectivity index is 1.53. The maximum Gasteiger partial charge on any atom is 0.295 e. The van der Waals surface area contributed by atoms with Crippen molar-refractivity contribution in [1.29, 1.82) is 0 Å². The summed E-state index contributed by atoms with van der Waals surface area (Å²) < 4.78 is 22.8. The van der Waals surface area contributed by atoms with Crippen LogP contribution in [0.25, 0.3) is 5.76 Å². The lowest BCUT2D eigenvalue weighted by Crippen LogP contribution is -2.36. The molecule has 0 radical (unpaired) electrons. The van der Waals surface area contributed by atoms with E-state index in [0.29, 0.717) is 49.1 Å². The maximum atomic E-state index is 13.3. The summed E-state index contributed by atoms with van der Waals surface area (Å²) in [5.74, 6) is 0.186.